The molecule has 2 aromatic carbocycles. The lowest BCUT2D eigenvalue weighted by Crippen LogP contribution is -2.50. The van der Waals surface area contributed by atoms with E-state index >= 15 is 0 Å². The zero-order valence-electron chi connectivity index (χ0n) is 18.3. The van der Waals surface area contributed by atoms with Crippen molar-refractivity contribution in [2.24, 2.45) is 0 Å². The molecule has 0 bridgehead atoms. The highest BCUT2D eigenvalue weighted by atomic mass is 35.5. The molecule has 178 valence electrons. The van der Waals surface area contributed by atoms with Gasteiger partial charge in [0.05, 0.1) is 24.2 Å². The number of aryl methyl sites for hydroxylation is 1. The Morgan fingerprint density at radius 1 is 1.24 bits per heavy atom. The van der Waals surface area contributed by atoms with E-state index in [2.05, 4.69) is 21.9 Å². The molecule has 0 fully saturated rings. The van der Waals surface area contributed by atoms with E-state index in [1.54, 1.807) is 31.3 Å². The molecule has 0 spiro atoms. The van der Waals surface area contributed by atoms with Gasteiger partial charge in [-0.05, 0) is 38.1 Å². The Hall–Kier alpha value is -2.91. The van der Waals surface area contributed by atoms with E-state index < -0.39 is 30.6 Å². The second-order valence-corrected chi connectivity index (χ2v) is 7.86. The van der Waals surface area contributed by atoms with E-state index in [9.17, 15) is 22.7 Å². The second kappa shape index (κ2) is 10.8. The number of rotatable bonds is 6. The number of aromatic nitrogens is 2. The van der Waals surface area contributed by atoms with Crippen molar-refractivity contribution in [3.8, 4) is 5.75 Å². The maximum atomic E-state index is 13.2. The highest BCUT2D eigenvalue weighted by molar-refractivity contribution is 6.30. The fraction of sp³-hybridized carbons (Fsp3) is 0.304. The van der Waals surface area contributed by atoms with Crippen LogP contribution in [0.3, 0.4) is 0 Å². The Balaban J connectivity index is 0.000000321. The number of anilines is 1. The van der Waals surface area contributed by atoms with Crippen LogP contribution in [0.5, 0.6) is 5.75 Å². The van der Waals surface area contributed by atoms with Crippen LogP contribution in [-0.4, -0.2) is 40.5 Å². The van der Waals surface area contributed by atoms with Gasteiger partial charge in [-0.25, -0.2) is 14.4 Å². The molecule has 2 N–H and O–H groups in total. The van der Waals surface area contributed by atoms with E-state index in [1.165, 1.54) is 32.2 Å². The van der Waals surface area contributed by atoms with E-state index in [0.29, 0.717) is 28.2 Å². The van der Waals surface area contributed by atoms with Crippen LogP contribution in [0.4, 0.5) is 23.2 Å². The minimum absolute atomic E-state index is 0.0827. The first kappa shape index (κ1) is 26.3. The standard InChI is InChI=1S/C16H18F3N3O.C7H6ClFO/c1-10(2)7-15(23,16(17,18)19)9-21-13-5-4-6-14-12(13)8-20-11(3)22-14;1-10-5-2-3-7(9)6(8)4-5/h4-6,8,21,23H,1,7,9H2,2-3H3;2-4H,1H3. The van der Waals surface area contributed by atoms with E-state index in [4.69, 9.17) is 16.3 Å². The van der Waals surface area contributed by atoms with Crippen molar-refractivity contribution < 1.29 is 27.4 Å². The predicted octanol–water partition coefficient (Wildman–Crippen LogP) is 6.10. The molecule has 1 atom stereocenters. The van der Waals surface area contributed by atoms with Gasteiger partial charge in [0.1, 0.15) is 17.4 Å². The summed E-state index contributed by atoms with van der Waals surface area (Å²) in [5.74, 6) is 0.706. The van der Waals surface area contributed by atoms with Crippen LogP contribution in [0.2, 0.25) is 5.02 Å². The molecular weight excluding hydrogens is 462 g/mol. The van der Waals surface area contributed by atoms with Crippen LogP contribution >= 0.6 is 11.6 Å². The van der Waals surface area contributed by atoms with Gasteiger partial charge in [-0.2, -0.15) is 13.2 Å². The van der Waals surface area contributed by atoms with Gasteiger partial charge in [-0.3, -0.25) is 0 Å². The smallest absolute Gasteiger partial charge is 0.419 e. The summed E-state index contributed by atoms with van der Waals surface area (Å²) in [5, 5.41) is 13.4. The van der Waals surface area contributed by atoms with Gasteiger partial charge in [-0.15, -0.1) is 6.58 Å². The molecule has 1 aromatic heterocycles. The summed E-state index contributed by atoms with van der Waals surface area (Å²) >= 11 is 5.44. The lowest BCUT2D eigenvalue weighted by molar-refractivity contribution is -0.253. The molecule has 33 heavy (non-hydrogen) atoms. The molecule has 0 radical (unpaired) electrons. The summed E-state index contributed by atoms with van der Waals surface area (Å²) in [6, 6.07) is 9.26. The number of hydrogen-bond acceptors (Lipinski definition) is 5. The monoisotopic (exact) mass is 485 g/mol. The Kier molecular flexibility index (Phi) is 8.63. The number of nitrogens with zero attached hydrogens (tertiary/aromatic N) is 2. The molecule has 5 nitrogen and oxygen atoms in total. The third-order valence-electron chi connectivity index (χ3n) is 4.57. The topological polar surface area (TPSA) is 67.3 Å². The minimum atomic E-state index is -4.77. The van der Waals surface area contributed by atoms with Gasteiger partial charge in [0.25, 0.3) is 0 Å². The van der Waals surface area contributed by atoms with Gasteiger partial charge < -0.3 is 15.2 Å². The van der Waals surface area contributed by atoms with E-state index in [0.717, 1.165) is 0 Å². The van der Waals surface area contributed by atoms with Gasteiger partial charge >= 0.3 is 6.18 Å². The van der Waals surface area contributed by atoms with Crippen molar-refractivity contribution in [3.05, 3.63) is 71.4 Å². The SMILES string of the molecule is C=C(C)CC(O)(CNc1cccc2nc(C)ncc12)C(F)(F)F.COc1ccc(F)c(Cl)c1. The number of methoxy groups -OCH3 is 1. The highest BCUT2D eigenvalue weighted by Crippen LogP contribution is 2.35. The Morgan fingerprint density at radius 2 is 1.94 bits per heavy atom. The maximum Gasteiger partial charge on any atom is 0.419 e. The zero-order valence-corrected chi connectivity index (χ0v) is 19.1. The van der Waals surface area contributed by atoms with Gasteiger partial charge in [0.15, 0.2) is 5.60 Å². The van der Waals surface area contributed by atoms with Crippen LogP contribution in [0.15, 0.2) is 54.7 Å². The Morgan fingerprint density at radius 3 is 2.52 bits per heavy atom. The normalized spacial score (nSPS) is 13.0. The van der Waals surface area contributed by atoms with Crippen LogP contribution in [0, 0.1) is 12.7 Å². The van der Waals surface area contributed by atoms with Crippen molar-refractivity contribution >= 4 is 28.2 Å². The average Bonchev–Trinajstić information content (AvgIpc) is 2.73. The van der Waals surface area contributed by atoms with E-state index in [-0.39, 0.29) is 10.6 Å². The fourth-order valence-corrected chi connectivity index (χ4v) is 3.08. The summed E-state index contributed by atoms with van der Waals surface area (Å²) in [4.78, 5) is 8.29. The number of aliphatic hydroxyl groups is 1. The van der Waals surface area contributed by atoms with Crippen molar-refractivity contribution in [1.82, 2.24) is 9.97 Å². The predicted molar refractivity (Wildman–Crippen MR) is 121 cm³/mol. The minimum Gasteiger partial charge on any atom is -0.497 e. The third-order valence-corrected chi connectivity index (χ3v) is 4.86. The van der Waals surface area contributed by atoms with Crippen LogP contribution < -0.4 is 10.1 Å². The summed E-state index contributed by atoms with van der Waals surface area (Å²) in [6.07, 6.45) is -3.79. The van der Waals surface area contributed by atoms with Gasteiger partial charge in [0.2, 0.25) is 0 Å². The lowest BCUT2D eigenvalue weighted by atomic mass is 9.94. The number of fused-ring (bicyclic) bond motifs is 1. The average molecular weight is 486 g/mol. The summed E-state index contributed by atoms with van der Waals surface area (Å²) in [6.45, 7) is 5.96. The Labute approximate surface area is 194 Å². The molecule has 0 saturated carbocycles. The van der Waals surface area contributed by atoms with Crippen LogP contribution in [-0.2, 0) is 0 Å². The number of benzene rings is 2. The molecule has 0 aliphatic carbocycles. The number of halogens is 5. The summed E-state index contributed by atoms with van der Waals surface area (Å²) < 4.78 is 56.8. The van der Waals surface area contributed by atoms with Crippen molar-refractivity contribution in [3.63, 3.8) is 0 Å². The molecule has 1 heterocycles. The largest absolute Gasteiger partial charge is 0.497 e. The molecule has 0 amide bonds. The Bertz CT molecular complexity index is 1120. The van der Waals surface area contributed by atoms with Gasteiger partial charge in [0, 0.05) is 29.8 Å². The molecule has 0 aliphatic heterocycles. The van der Waals surface area contributed by atoms with Crippen molar-refractivity contribution in [2.75, 3.05) is 19.0 Å². The number of hydrogen-bond donors (Lipinski definition) is 2. The summed E-state index contributed by atoms with van der Waals surface area (Å²) in [7, 11) is 1.50. The number of nitrogens with one attached hydrogen (secondary N) is 1. The molecule has 3 aromatic rings. The second-order valence-electron chi connectivity index (χ2n) is 7.45. The summed E-state index contributed by atoms with van der Waals surface area (Å²) in [5.41, 5.74) is -1.57. The van der Waals surface area contributed by atoms with Crippen molar-refractivity contribution in [2.45, 2.75) is 32.0 Å². The quantitative estimate of drug-likeness (QED) is 0.326. The van der Waals surface area contributed by atoms with Crippen molar-refractivity contribution in [1.29, 1.82) is 0 Å². The molecule has 0 aliphatic rings. The third kappa shape index (κ3) is 7.03. The molecule has 0 saturated heterocycles. The first-order chi connectivity index (χ1) is 15.4. The zero-order chi connectivity index (χ0) is 24.8. The van der Waals surface area contributed by atoms with Crippen LogP contribution in [0.25, 0.3) is 10.9 Å². The molecule has 3 rings (SSSR count). The van der Waals surface area contributed by atoms with Gasteiger partial charge in [-0.1, -0.05) is 23.2 Å². The van der Waals surface area contributed by atoms with Crippen LogP contribution in [0.1, 0.15) is 19.2 Å². The molecule has 1 unspecified atom stereocenters. The lowest BCUT2D eigenvalue weighted by Gasteiger charge is -2.31. The van der Waals surface area contributed by atoms with E-state index in [1.807, 2.05) is 0 Å². The number of alkyl halides is 3. The first-order valence-electron chi connectivity index (χ1n) is 9.75. The maximum absolute atomic E-state index is 13.2. The molecule has 10 heteroatoms. The molecular formula is C23H24ClF4N3O2. The number of ether oxygens (including phenoxy) is 1. The fourth-order valence-electron chi connectivity index (χ4n) is 2.91. The first-order valence-corrected chi connectivity index (χ1v) is 10.1. The highest BCUT2D eigenvalue weighted by Gasteiger charge is 2.53.